The van der Waals surface area contributed by atoms with Crippen LogP contribution in [0.3, 0.4) is 0 Å². The molecule has 0 spiro atoms. The van der Waals surface area contributed by atoms with Gasteiger partial charge in [-0.25, -0.2) is 4.98 Å². The third-order valence-electron chi connectivity index (χ3n) is 5.35. The second kappa shape index (κ2) is 7.26. The maximum Gasteiger partial charge on any atom is 0.231 e. The fourth-order valence-electron chi connectivity index (χ4n) is 3.88. The van der Waals surface area contributed by atoms with Gasteiger partial charge in [0.15, 0.2) is 10.9 Å². The number of Topliss-reactive ketones (excluding diaryl/α,β-unsaturated/α-hetero) is 1. The monoisotopic (exact) mass is 413 g/mol. The van der Waals surface area contributed by atoms with Crippen LogP contribution in [0.5, 0.6) is 5.75 Å². The Hall–Kier alpha value is -2.74. The van der Waals surface area contributed by atoms with Gasteiger partial charge in [0.1, 0.15) is 5.75 Å². The molecule has 8 heteroatoms. The lowest BCUT2D eigenvalue weighted by Crippen LogP contribution is -2.28. The Bertz CT molecular complexity index is 980. The third-order valence-corrected chi connectivity index (χ3v) is 6.40. The van der Waals surface area contributed by atoms with E-state index in [0.29, 0.717) is 35.1 Å². The van der Waals surface area contributed by atoms with Gasteiger partial charge in [0.05, 0.1) is 23.6 Å². The first-order valence-corrected chi connectivity index (χ1v) is 10.4. The molecule has 29 heavy (non-hydrogen) atoms. The largest absolute Gasteiger partial charge is 0.497 e. The Morgan fingerprint density at radius 3 is 2.66 bits per heavy atom. The first-order chi connectivity index (χ1) is 13.8. The van der Waals surface area contributed by atoms with Crippen LogP contribution >= 0.6 is 11.3 Å². The highest BCUT2D eigenvalue weighted by Crippen LogP contribution is 2.38. The molecule has 0 bridgehead atoms. The van der Waals surface area contributed by atoms with E-state index in [2.05, 4.69) is 10.3 Å². The van der Waals surface area contributed by atoms with Crippen LogP contribution in [-0.4, -0.2) is 36.2 Å². The second-order valence-corrected chi connectivity index (χ2v) is 9.33. The molecule has 4 rings (SSSR count). The fourth-order valence-corrected chi connectivity index (χ4v) is 4.80. The molecule has 1 aromatic heterocycles. The fraction of sp³-hybridized carbons (Fsp3) is 0.429. The number of nitrogens with one attached hydrogen (secondary N) is 1. The summed E-state index contributed by atoms with van der Waals surface area (Å²) in [5, 5.41) is 3.25. The Morgan fingerprint density at radius 1 is 1.24 bits per heavy atom. The number of amides is 2. The van der Waals surface area contributed by atoms with Crippen molar-refractivity contribution in [2.24, 2.45) is 11.3 Å². The van der Waals surface area contributed by atoms with Crippen LogP contribution in [-0.2, 0) is 16.0 Å². The van der Waals surface area contributed by atoms with Crippen LogP contribution in [0.15, 0.2) is 24.3 Å². The zero-order chi connectivity index (χ0) is 20.8. The summed E-state index contributed by atoms with van der Waals surface area (Å²) in [7, 11) is 1.58. The molecule has 0 saturated carbocycles. The molecule has 1 aromatic carbocycles. The number of hydrogen-bond donors (Lipinski definition) is 1. The number of fused-ring (bicyclic) bond motifs is 1. The van der Waals surface area contributed by atoms with Crippen molar-refractivity contribution in [2.45, 2.75) is 33.1 Å². The molecule has 152 valence electrons. The third kappa shape index (κ3) is 3.89. The molecule has 2 aliphatic rings. The molecule has 1 atom stereocenters. The number of aromatic nitrogens is 1. The minimum Gasteiger partial charge on any atom is -0.497 e. The summed E-state index contributed by atoms with van der Waals surface area (Å²) in [6, 6.07) is 7.18. The summed E-state index contributed by atoms with van der Waals surface area (Å²) < 4.78 is 5.14. The molecule has 2 heterocycles. The van der Waals surface area contributed by atoms with Crippen molar-refractivity contribution in [3.05, 3.63) is 34.8 Å². The summed E-state index contributed by atoms with van der Waals surface area (Å²) in [6.07, 6.45) is 1.35. The number of anilines is 2. The number of ether oxygens (including phenoxy) is 1. The summed E-state index contributed by atoms with van der Waals surface area (Å²) in [5.41, 5.74) is 1.38. The topological polar surface area (TPSA) is 88.6 Å². The standard InChI is InChI=1S/C21H23N3O4S/c1-21(2)9-15-18(16(25)10-21)29-20(22-15)23-19(27)12-8-17(26)24(11-12)13-4-6-14(28-3)7-5-13/h4-7,12H,8-11H2,1-3H3,(H,22,23,27). The molecule has 2 aromatic rings. The molecule has 1 aliphatic heterocycles. The number of carbonyl (C=O) groups excluding carboxylic acids is 3. The molecule has 2 amide bonds. The summed E-state index contributed by atoms with van der Waals surface area (Å²) >= 11 is 1.23. The minimum absolute atomic E-state index is 0.0796. The van der Waals surface area contributed by atoms with Crippen molar-refractivity contribution in [1.29, 1.82) is 0 Å². The van der Waals surface area contributed by atoms with E-state index in [1.165, 1.54) is 11.3 Å². The van der Waals surface area contributed by atoms with Gasteiger partial charge in [-0.1, -0.05) is 25.2 Å². The van der Waals surface area contributed by atoms with Crippen molar-refractivity contribution in [3.63, 3.8) is 0 Å². The van der Waals surface area contributed by atoms with Gasteiger partial charge < -0.3 is 15.0 Å². The average molecular weight is 413 g/mol. The van der Waals surface area contributed by atoms with Crippen molar-refractivity contribution in [3.8, 4) is 5.75 Å². The van der Waals surface area contributed by atoms with E-state index in [-0.39, 0.29) is 29.4 Å². The number of nitrogens with zero attached hydrogens (tertiary/aromatic N) is 2. The van der Waals surface area contributed by atoms with Crippen LogP contribution in [0.25, 0.3) is 0 Å². The van der Waals surface area contributed by atoms with Crippen molar-refractivity contribution < 1.29 is 19.1 Å². The van der Waals surface area contributed by atoms with E-state index in [1.807, 2.05) is 13.8 Å². The van der Waals surface area contributed by atoms with Crippen LogP contribution in [0, 0.1) is 11.3 Å². The predicted octanol–water partition coefficient (Wildman–Crippen LogP) is 3.30. The van der Waals surface area contributed by atoms with E-state index >= 15 is 0 Å². The van der Waals surface area contributed by atoms with Gasteiger partial charge >= 0.3 is 0 Å². The summed E-state index contributed by atoms with van der Waals surface area (Å²) in [5.74, 6) is -0.00774. The molecular formula is C21H23N3O4S. The molecule has 1 aliphatic carbocycles. The van der Waals surface area contributed by atoms with Gasteiger partial charge in [-0.15, -0.1) is 0 Å². The Labute approximate surface area is 173 Å². The lowest BCUT2D eigenvalue weighted by atomic mass is 9.78. The highest BCUT2D eigenvalue weighted by molar-refractivity contribution is 7.17. The SMILES string of the molecule is COc1ccc(N2CC(C(=O)Nc3nc4c(s3)C(=O)CC(C)(C)C4)CC2=O)cc1. The van der Waals surface area contributed by atoms with E-state index in [4.69, 9.17) is 4.74 Å². The number of benzene rings is 1. The van der Waals surface area contributed by atoms with Crippen molar-refractivity contribution >= 4 is 39.8 Å². The first kappa shape index (κ1) is 19.6. The number of thiazole rings is 1. The van der Waals surface area contributed by atoms with Crippen LogP contribution in [0.2, 0.25) is 0 Å². The molecular weight excluding hydrogens is 390 g/mol. The second-order valence-electron chi connectivity index (χ2n) is 8.33. The predicted molar refractivity (Wildman–Crippen MR) is 111 cm³/mol. The van der Waals surface area contributed by atoms with Crippen LogP contribution < -0.4 is 15.0 Å². The zero-order valence-corrected chi connectivity index (χ0v) is 17.5. The average Bonchev–Trinajstić information content (AvgIpc) is 3.24. The normalized spacial score (nSPS) is 20.5. The maximum atomic E-state index is 12.7. The number of methoxy groups -OCH3 is 1. The molecule has 0 radical (unpaired) electrons. The summed E-state index contributed by atoms with van der Waals surface area (Å²) in [6.45, 7) is 4.40. The molecule has 1 saturated heterocycles. The Kier molecular flexibility index (Phi) is 4.90. The Morgan fingerprint density at radius 2 is 1.97 bits per heavy atom. The quantitative estimate of drug-likeness (QED) is 0.831. The highest BCUT2D eigenvalue weighted by atomic mass is 32.1. The van der Waals surface area contributed by atoms with Crippen LogP contribution in [0.4, 0.5) is 10.8 Å². The van der Waals surface area contributed by atoms with Gasteiger partial charge in [-0.3, -0.25) is 14.4 Å². The maximum absolute atomic E-state index is 12.7. The van der Waals surface area contributed by atoms with Crippen LogP contribution in [0.1, 0.15) is 42.1 Å². The highest BCUT2D eigenvalue weighted by Gasteiger charge is 2.37. The minimum atomic E-state index is -0.460. The Balaban J connectivity index is 1.44. The van der Waals surface area contributed by atoms with E-state index in [9.17, 15) is 14.4 Å². The van der Waals surface area contributed by atoms with E-state index in [1.54, 1.807) is 36.3 Å². The number of ketones is 1. The number of rotatable bonds is 4. The van der Waals surface area contributed by atoms with Gasteiger partial charge in [0, 0.05) is 25.1 Å². The molecule has 7 nitrogen and oxygen atoms in total. The van der Waals surface area contributed by atoms with Crippen molar-refractivity contribution in [2.75, 3.05) is 23.9 Å². The number of carbonyl (C=O) groups is 3. The lowest BCUT2D eigenvalue weighted by molar-refractivity contribution is -0.122. The molecule has 1 unspecified atom stereocenters. The van der Waals surface area contributed by atoms with Gasteiger partial charge in [0.2, 0.25) is 11.8 Å². The van der Waals surface area contributed by atoms with Gasteiger partial charge in [-0.2, -0.15) is 0 Å². The van der Waals surface area contributed by atoms with Gasteiger partial charge in [-0.05, 0) is 36.1 Å². The number of hydrogen-bond acceptors (Lipinski definition) is 6. The molecule has 1 fully saturated rings. The van der Waals surface area contributed by atoms with E-state index in [0.717, 1.165) is 11.4 Å². The first-order valence-electron chi connectivity index (χ1n) is 9.54. The zero-order valence-electron chi connectivity index (χ0n) is 16.7. The smallest absolute Gasteiger partial charge is 0.231 e. The summed E-state index contributed by atoms with van der Waals surface area (Å²) in [4.78, 5) is 44.2. The molecule has 1 N–H and O–H groups in total. The van der Waals surface area contributed by atoms with E-state index < -0.39 is 5.92 Å². The lowest BCUT2D eigenvalue weighted by Gasteiger charge is -2.26. The van der Waals surface area contributed by atoms with Gasteiger partial charge in [0.25, 0.3) is 0 Å². The van der Waals surface area contributed by atoms with Crippen molar-refractivity contribution in [1.82, 2.24) is 4.98 Å².